The summed E-state index contributed by atoms with van der Waals surface area (Å²) in [6, 6.07) is 1.39. The van der Waals surface area contributed by atoms with Gasteiger partial charge >= 0.3 is 0 Å². The van der Waals surface area contributed by atoms with Crippen LogP contribution in [0.25, 0.3) is 5.78 Å². The standard InChI is InChI=1S/C16H18N6O2/c1-20-9-12(18-10-20)15(24)21-6-3-2-4-13(21)11-8-14(23)22-7-5-17-16(22)19-11/h5,7-10,13H,2-4,6H2,1H3,(H,17,19)/t13-/m1/s1. The number of likely N-dealkylation sites (tertiary alicyclic amines) is 1. The van der Waals surface area contributed by atoms with Gasteiger partial charge in [0, 0.05) is 43.9 Å². The van der Waals surface area contributed by atoms with Crippen molar-refractivity contribution < 1.29 is 4.79 Å². The third-order valence-electron chi connectivity index (χ3n) is 4.46. The molecule has 3 aromatic rings. The van der Waals surface area contributed by atoms with E-state index in [4.69, 9.17) is 0 Å². The molecule has 0 bridgehead atoms. The Bertz CT molecular complexity index is 953. The summed E-state index contributed by atoms with van der Waals surface area (Å²) in [4.78, 5) is 38.4. The van der Waals surface area contributed by atoms with Crippen LogP contribution in [0.1, 0.15) is 41.5 Å². The Morgan fingerprint density at radius 2 is 2.21 bits per heavy atom. The van der Waals surface area contributed by atoms with Crippen LogP contribution < -0.4 is 5.56 Å². The van der Waals surface area contributed by atoms with E-state index in [9.17, 15) is 9.59 Å². The number of amides is 1. The van der Waals surface area contributed by atoms with Crippen LogP contribution in [0, 0.1) is 0 Å². The summed E-state index contributed by atoms with van der Waals surface area (Å²) in [5, 5.41) is 0. The van der Waals surface area contributed by atoms with Crippen molar-refractivity contribution in [2.24, 2.45) is 7.05 Å². The fraction of sp³-hybridized carbons (Fsp3) is 0.375. The molecule has 124 valence electrons. The number of nitrogens with one attached hydrogen (secondary N) is 1. The van der Waals surface area contributed by atoms with Gasteiger partial charge in [0.05, 0.1) is 12.4 Å². The average molecular weight is 326 g/mol. The minimum absolute atomic E-state index is 0.107. The van der Waals surface area contributed by atoms with E-state index in [0.29, 0.717) is 18.0 Å². The number of fused-ring (bicyclic) bond motifs is 1. The molecule has 0 saturated carbocycles. The second-order valence-corrected chi connectivity index (χ2v) is 6.12. The zero-order chi connectivity index (χ0) is 16.7. The van der Waals surface area contributed by atoms with E-state index in [0.717, 1.165) is 25.0 Å². The molecule has 1 atom stereocenters. The van der Waals surface area contributed by atoms with Crippen LogP contribution in [0.4, 0.5) is 0 Å². The Morgan fingerprint density at radius 1 is 1.33 bits per heavy atom. The second-order valence-electron chi connectivity index (χ2n) is 6.12. The molecule has 0 aromatic carbocycles. The number of carbonyl (C=O) groups is 1. The molecule has 1 aliphatic heterocycles. The lowest BCUT2D eigenvalue weighted by atomic mass is 9.98. The van der Waals surface area contributed by atoms with Crippen molar-refractivity contribution >= 4 is 11.7 Å². The molecule has 8 heteroatoms. The number of carbonyl (C=O) groups excluding carboxylic acids is 1. The lowest BCUT2D eigenvalue weighted by Crippen LogP contribution is -2.39. The van der Waals surface area contributed by atoms with E-state index in [1.165, 1.54) is 4.40 Å². The van der Waals surface area contributed by atoms with E-state index in [1.54, 1.807) is 40.5 Å². The first-order valence-corrected chi connectivity index (χ1v) is 7.99. The van der Waals surface area contributed by atoms with Crippen LogP contribution >= 0.6 is 0 Å². The smallest absolute Gasteiger partial charge is 0.274 e. The van der Waals surface area contributed by atoms with Crippen molar-refractivity contribution in [3.8, 4) is 0 Å². The molecule has 0 radical (unpaired) electrons. The summed E-state index contributed by atoms with van der Waals surface area (Å²) in [5.74, 6) is 0.387. The quantitative estimate of drug-likeness (QED) is 0.764. The lowest BCUT2D eigenvalue weighted by molar-refractivity contribution is 0.0600. The fourth-order valence-electron chi connectivity index (χ4n) is 3.29. The molecule has 1 saturated heterocycles. The van der Waals surface area contributed by atoms with Crippen LogP contribution in [0.15, 0.2) is 35.8 Å². The first kappa shape index (κ1) is 14.7. The Balaban J connectivity index is 1.73. The number of aromatic nitrogens is 5. The molecule has 1 N–H and O–H groups in total. The van der Waals surface area contributed by atoms with Gasteiger partial charge in [-0.15, -0.1) is 0 Å². The topological polar surface area (TPSA) is 88.3 Å². The number of hydrogen-bond acceptors (Lipinski definition) is 4. The number of aromatic amines is 1. The van der Waals surface area contributed by atoms with Crippen molar-refractivity contribution in [2.75, 3.05) is 6.54 Å². The van der Waals surface area contributed by atoms with Gasteiger partial charge in [-0.2, -0.15) is 0 Å². The van der Waals surface area contributed by atoms with Gasteiger partial charge in [-0.3, -0.25) is 14.0 Å². The largest absolute Gasteiger partial charge is 0.340 e. The predicted molar refractivity (Wildman–Crippen MR) is 86.6 cm³/mol. The normalized spacial score (nSPS) is 18.2. The molecule has 24 heavy (non-hydrogen) atoms. The van der Waals surface area contributed by atoms with Gasteiger partial charge in [0.15, 0.2) is 0 Å². The zero-order valence-electron chi connectivity index (χ0n) is 13.3. The van der Waals surface area contributed by atoms with E-state index >= 15 is 0 Å². The molecular formula is C16H18N6O2. The van der Waals surface area contributed by atoms with E-state index in [2.05, 4.69) is 15.0 Å². The van der Waals surface area contributed by atoms with Crippen molar-refractivity contribution in [1.82, 2.24) is 28.8 Å². The Labute approximate surface area is 137 Å². The van der Waals surface area contributed by atoms with Gasteiger partial charge in [-0.05, 0) is 19.3 Å². The van der Waals surface area contributed by atoms with Crippen molar-refractivity contribution in [3.63, 3.8) is 0 Å². The summed E-state index contributed by atoms with van der Waals surface area (Å²) < 4.78 is 3.21. The Hall–Kier alpha value is -2.90. The van der Waals surface area contributed by atoms with Crippen molar-refractivity contribution in [1.29, 1.82) is 0 Å². The van der Waals surface area contributed by atoms with Crippen LogP contribution in [-0.4, -0.2) is 41.3 Å². The number of hydrogen-bond donors (Lipinski definition) is 1. The maximum Gasteiger partial charge on any atom is 0.274 e. The molecular weight excluding hydrogens is 308 g/mol. The molecule has 0 aliphatic carbocycles. The number of piperidine rings is 1. The highest BCUT2D eigenvalue weighted by atomic mass is 16.2. The fourth-order valence-corrected chi connectivity index (χ4v) is 3.29. The maximum atomic E-state index is 12.8. The van der Waals surface area contributed by atoms with Crippen LogP contribution in [0.2, 0.25) is 0 Å². The average Bonchev–Trinajstić information content (AvgIpc) is 3.23. The summed E-state index contributed by atoms with van der Waals surface area (Å²) in [6.45, 7) is 0.654. The van der Waals surface area contributed by atoms with Crippen molar-refractivity contribution in [3.05, 3.63) is 52.7 Å². The highest BCUT2D eigenvalue weighted by Gasteiger charge is 2.30. The first-order valence-electron chi connectivity index (χ1n) is 7.99. The molecule has 0 spiro atoms. The van der Waals surface area contributed by atoms with Crippen LogP contribution in [0.3, 0.4) is 0 Å². The maximum absolute atomic E-state index is 12.8. The minimum atomic E-state index is -0.164. The molecule has 1 fully saturated rings. The third-order valence-corrected chi connectivity index (χ3v) is 4.46. The number of H-pyrrole nitrogens is 1. The predicted octanol–water partition coefficient (Wildman–Crippen LogP) is 1.12. The number of nitrogens with zero attached hydrogens (tertiary/aromatic N) is 5. The minimum Gasteiger partial charge on any atom is -0.340 e. The second kappa shape index (κ2) is 5.63. The summed E-state index contributed by atoms with van der Waals surface area (Å²) in [5.41, 5.74) is 1.00. The van der Waals surface area contributed by atoms with E-state index < -0.39 is 0 Å². The molecule has 1 aliphatic rings. The van der Waals surface area contributed by atoms with Crippen LogP contribution in [0.5, 0.6) is 0 Å². The van der Waals surface area contributed by atoms with E-state index in [1.807, 2.05) is 7.05 Å². The van der Waals surface area contributed by atoms with Gasteiger partial charge in [0.2, 0.25) is 5.78 Å². The van der Waals surface area contributed by atoms with Gasteiger partial charge in [-0.25, -0.2) is 9.97 Å². The molecule has 3 aromatic heterocycles. The van der Waals surface area contributed by atoms with Crippen LogP contribution in [-0.2, 0) is 7.05 Å². The molecule has 0 unspecified atom stereocenters. The van der Waals surface area contributed by atoms with E-state index in [-0.39, 0.29) is 17.5 Å². The van der Waals surface area contributed by atoms with Gasteiger partial charge < -0.3 is 14.5 Å². The number of imidazole rings is 2. The molecule has 4 rings (SSSR count). The first-order chi connectivity index (χ1) is 11.6. The van der Waals surface area contributed by atoms with Gasteiger partial charge in [0.1, 0.15) is 5.69 Å². The summed E-state index contributed by atoms with van der Waals surface area (Å²) in [6.07, 6.45) is 9.30. The van der Waals surface area contributed by atoms with Gasteiger partial charge in [0.25, 0.3) is 11.5 Å². The third kappa shape index (κ3) is 2.40. The zero-order valence-corrected chi connectivity index (χ0v) is 13.3. The number of aryl methyl sites for hydroxylation is 1. The number of rotatable bonds is 2. The Kier molecular flexibility index (Phi) is 3.44. The van der Waals surface area contributed by atoms with Crippen molar-refractivity contribution in [2.45, 2.75) is 25.3 Å². The highest BCUT2D eigenvalue weighted by molar-refractivity contribution is 5.92. The Morgan fingerprint density at radius 3 is 3.00 bits per heavy atom. The highest BCUT2D eigenvalue weighted by Crippen LogP contribution is 2.30. The summed E-state index contributed by atoms with van der Waals surface area (Å²) in [7, 11) is 1.83. The summed E-state index contributed by atoms with van der Waals surface area (Å²) >= 11 is 0. The SMILES string of the molecule is Cn1cnc(C(=O)N2CCCC[C@@H]2c2cc(=O)n3ccnc3[nH]2)c1. The monoisotopic (exact) mass is 326 g/mol. The molecule has 8 nitrogen and oxygen atoms in total. The molecule has 1 amide bonds. The van der Waals surface area contributed by atoms with Gasteiger partial charge in [-0.1, -0.05) is 0 Å². The molecule has 4 heterocycles. The lowest BCUT2D eigenvalue weighted by Gasteiger charge is -2.35.